The van der Waals surface area contributed by atoms with Crippen LogP contribution in [0.2, 0.25) is 0 Å². The Morgan fingerprint density at radius 3 is 2.21 bits per heavy atom. The lowest BCUT2D eigenvalue weighted by Crippen LogP contribution is -2.48. The van der Waals surface area contributed by atoms with Crippen LogP contribution in [0.1, 0.15) is 57.4 Å². The van der Waals surface area contributed by atoms with Gasteiger partial charge in [-0.3, -0.25) is 14.5 Å². The Kier molecular flexibility index (Phi) is 5.46. The van der Waals surface area contributed by atoms with E-state index in [0.29, 0.717) is 12.5 Å². The van der Waals surface area contributed by atoms with Crippen LogP contribution >= 0.6 is 0 Å². The number of anilines is 1. The summed E-state index contributed by atoms with van der Waals surface area (Å²) in [6.07, 6.45) is 5.28. The van der Waals surface area contributed by atoms with Crippen LogP contribution in [0.15, 0.2) is 24.3 Å². The molecule has 1 saturated carbocycles. The first-order valence-electron chi connectivity index (χ1n) is 11.0. The molecule has 0 radical (unpaired) electrons. The molecule has 2 saturated heterocycles. The van der Waals surface area contributed by atoms with Crippen LogP contribution < -0.4 is 4.90 Å². The minimum atomic E-state index is -0.218. The number of piperidine rings is 1. The van der Waals surface area contributed by atoms with E-state index in [1.165, 1.54) is 18.4 Å². The molecule has 2 heterocycles. The van der Waals surface area contributed by atoms with Gasteiger partial charge >= 0.3 is 0 Å². The average molecular weight is 384 g/mol. The van der Waals surface area contributed by atoms with Crippen molar-refractivity contribution in [3.8, 4) is 0 Å². The highest BCUT2D eigenvalue weighted by molar-refractivity contribution is 6.00. The van der Waals surface area contributed by atoms with Crippen LogP contribution in [0.4, 0.5) is 5.69 Å². The zero-order valence-corrected chi connectivity index (χ0v) is 17.3. The van der Waals surface area contributed by atoms with E-state index >= 15 is 0 Å². The highest BCUT2D eigenvalue weighted by atomic mass is 16.2. The minimum absolute atomic E-state index is 0.205. The van der Waals surface area contributed by atoms with Crippen molar-refractivity contribution in [2.75, 3.05) is 44.2 Å². The van der Waals surface area contributed by atoms with E-state index in [-0.39, 0.29) is 11.3 Å². The van der Waals surface area contributed by atoms with Crippen LogP contribution in [0.3, 0.4) is 0 Å². The predicted octanol–water partition coefficient (Wildman–Crippen LogP) is 3.25. The number of hydrogen-bond acceptors (Lipinski definition) is 3. The third kappa shape index (κ3) is 3.69. The van der Waals surface area contributed by atoms with Crippen molar-refractivity contribution < 1.29 is 9.59 Å². The molecule has 3 aliphatic rings. The molecule has 0 N–H and O–H groups in total. The first-order chi connectivity index (χ1) is 13.6. The molecule has 5 nitrogen and oxygen atoms in total. The summed E-state index contributed by atoms with van der Waals surface area (Å²) in [4.78, 5) is 31.8. The lowest BCUT2D eigenvalue weighted by molar-refractivity contribution is -0.133. The van der Waals surface area contributed by atoms with Gasteiger partial charge in [0.1, 0.15) is 0 Å². The van der Waals surface area contributed by atoms with Gasteiger partial charge in [0.15, 0.2) is 0 Å². The number of nitrogens with zero attached hydrogens (tertiary/aromatic N) is 3. The molecule has 1 spiro atoms. The topological polar surface area (TPSA) is 43.9 Å². The van der Waals surface area contributed by atoms with Crippen molar-refractivity contribution in [2.45, 2.75) is 51.9 Å². The SMILES string of the molecule is CCN(CC)C(=O)CN1CCC2(CC1)CCN(c1ccc(C3CC3)cc1)C2=O. The quantitative estimate of drug-likeness (QED) is 0.757. The fourth-order valence-corrected chi connectivity index (χ4v) is 4.88. The summed E-state index contributed by atoms with van der Waals surface area (Å²) in [6.45, 7) is 8.56. The molecule has 1 aromatic rings. The molecule has 5 heteroatoms. The van der Waals surface area contributed by atoms with Gasteiger partial charge in [0.2, 0.25) is 11.8 Å². The van der Waals surface area contributed by atoms with Crippen molar-refractivity contribution in [3.05, 3.63) is 29.8 Å². The van der Waals surface area contributed by atoms with E-state index < -0.39 is 0 Å². The average Bonchev–Trinajstić information content (AvgIpc) is 3.51. The van der Waals surface area contributed by atoms with Gasteiger partial charge in [-0.15, -0.1) is 0 Å². The first kappa shape index (κ1) is 19.4. The zero-order valence-electron chi connectivity index (χ0n) is 17.3. The summed E-state index contributed by atoms with van der Waals surface area (Å²) in [6, 6.07) is 8.66. The van der Waals surface area contributed by atoms with Crippen molar-refractivity contribution in [3.63, 3.8) is 0 Å². The van der Waals surface area contributed by atoms with Gasteiger partial charge < -0.3 is 9.80 Å². The molecule has 0 atom stereocenters. The minimum Gasteiger partial charge on any atom is -0.342 e. The molecular formula is C23H33N3O2. The monoisotopic (exact) mass is 383 g/mol. The normalized spacial score (nSPS) is 22.1. The number of hydrogen-bond donors (Lipinski definition) is 0. The van der Waals surface area contributed by atoms with E-state index in [1.807, 2.05) is 23.6 Å². The molecule has 28 heavy (non-hydrogen) atoms. The summed E-state index contributed by atoms with van der Waals surface area (Å²) in [5, 5.41) is 0. The fraction of sp³-hybridized carbons (Fsp3) is 0.652. The summed E-state index contributed by atoms with van der Waals surface area (Å²) in [5.74, 6) is 1.25. The zero-order chi connectivity index (χ0) is 19.7. The van der Waals surface area contributed by atoms with E-state index in [1.54, 1.807) is 0 Å². The van der Waals surface area contributed by atoms with Gasteiger partial charge in [-0.1, -0.05) is 12.1 Å². The fourth-order valence-electron chi connectivity index (χ4n) is 4.88. The molecule has 0 unspecified atom stereocenters. The first-order valence-corrected chi connectivity index (χ1v) is 11.0. The van der Waals surface area contributed by atoms with Crippen LogP contribution in [-0.4, -0.2) is 60.9 Å². The van der Waals surface area contributed by atoms with Crippen LogP contribution in [0.25, 0.3) is 0 Å². The van der Waals surface area contributed by atoms with Gasteiger partial charge in [0, 0.05) is 25.3 Å². The number of likely N-dealkylation sites (tertiary alicyclic amines) is 1. The molecule has 1 aliphatic carbocycles. The summed E-state index contributed by atoms with van der Waals surface area (Å²) in [7, 11) is 0. The summed E-state index contributed by atoms with van der Waals surface area (Å²) < 4.78 is 0. The maximum Gasteiger partial charge on any atom is 0.236 e. The number of carbonyl (C=O) groups is 2. The van der Waals surface area contributed by atoms with Gasteiger partial charge in [0.05, 0.1) is 12.0 Å². The number of carbonyl (C=O) groups excluding carboxylic acids is 2. The third-order valence-electron chi connectivity index (χ3n) is 7.05. The molecule has 152 valence electrons. The van der Waals surface area contributed by atoms with Crippen LogP contribution in [-0.2, 0) is 9.59 Å². The molecule has 2 amide bonds. The molecule has 2 aliphatic heterocycles. The van der Waals surface area contributed by atoms with Crippen molar-refractivity contribution in [1.82, 2.24) is 9.80 Å². The molecular weight excluding hydrogens is 350 g/mol. The lowest BCUT2D eigenvalue weighted by atomic mass is 9.77. The van der Waals surface area contributed by atoms with Gasteiger partial charge in [-0.25, -0.2) is 0 Å². The molecule has 0 bridgehead atoms. The number of rotatable bonds is 6. The molecule has 3 fully saturated rings. The van der Waals surface area contributed by atoms with Gasteiger partial charge in [-0.2, -0.15) is 0 Å². The van der Waals surface area contributed by atoms with E-state index in [0.717, 1.165) is 63.6 Å². The van der Waals surface area contributed by atoms with Crippen molar-refractivity contribution >= 4 is 17.5 Å². The number of amides is 2. The third-order valence-corrected chi connectivity index (χ3v) is 7.05. The highest BCUT2D eigenvalue weighted by Gasteiger charge is 2.48. The van der Waals surface area contributed by atoms with Crippen LogP contribution in [0, 0.1) is 5.41 Å². The Morgan fingerprint density at radius 1 is 1.04 bits per heavy atom. The number of benzene rings is 1. The maximum atomic E-state index is 13.3. The second-order valence-corrected chi connectivity index (χ2v) is 8.70. The highest BCUT2D eigenvalue weighted by Crippen LogP contribution is 2.44. The Morgan fingerprint density at radius 2 is 1.64 bits per heavy atom. The van der Waals surface area contributed by atoms with E-state index in [2.05, 4.69) is 29.2 Å². The molecule has 4 rings (SSSR count). The van der Waals surface area contributed by atoms with Gasteiger partial charge in [-0.05, 0) is 82.7 Å². The molecule has 0 aromatic heterocycles. The van der Waals surface area contributed by atoms with Crippen LogP contribution in [0.5, 0.6) is 0 Å². The predicted molar refractivity (Wildman–Crippen MR) is 111 cm³/mol. The standard InChI is InChI=1S/C23H33N3O2/c1-3-25(4-2)21(27)17-24-14-11-23(12-15-24)13-16-26(22(23)28)20-9-7-19(8-10-20)18-5-6-18/h7-10,18H,3-6,11-17H2,1-2H3. The Bertz CT molecular complexity index is 714. The largest absolute Gasteiger partial charge is 0.342 e. The van der Waals surface area contributed by atoms with E-state index in [9.17, 15) is 9.59 Å². The second kappa shape index (κ2) is 7.86. The summed E-state index contributed by atoms with van der Waals surface area (Å²) in [5.41, 5.74) is 2.24. The lowest BCUT2D eigenvalue weighted by Gasteiger charge is -2.38. The molecule has 1 aromatic carbocycles. The van der Waals surface area contributed by atoms with Crippen molar-refractivity contribution in [1.29, 1.82) is 0 Å². The second-order valence-electron chi connectivity index (χ2n) is 8.70. The Hall–Kier alpha value is -1.88. The summed E-state index contributed by atoms with van der Waals surface area (Å²) >= 11 is 0. The Balaban J connectivity index is 1.35. The number of likely N-dealkylation sites (N-methyl/N-ethyl adjacent to an activating group) is 1. The van der Waals surface area contributed by atoms with Gasteiger partial charge in [0.25, 0.3) is 0 Å². The van der Waals surface area contributed by atoms with E-state index in [4.69, 9.17) is 0 Å². The smallest absolute Gasteiger partial charge is 0.236 e. The van der Waals surface area contributed by atoms with Crippen molar-refractivity contribution in [2.24, 2.45) is 5.41 Å². The maximum absolute atomic E-state index is 13.3. The Labute approximate surface area is 168 Å².